The minimum Gasteiger partial charge on any atom is -0.352 e. The van der Waals surface area contributed by atoms with E-state index in [4.69, 9.17) is 6.42 Å². The number of hydrogen-bond acceptors (Lipinski definition) is 2. The fourth-order valence-corrected chi connectivity index (χ4v) is 2.12. The molecule has 0 aromatic rings. The van der Waals surface area contributed by atoms with E-state index in [0.717, 1.165) is 19.0 Å². The van der Waals surface area contributed by atoms with Crippen molar-refractivity contribution in [2.24, 2.45) is 10.9 Å². The van der Waals surface area contributed by atoms with E-state index in [1.807, 2.05) is 0 Å². The Labute approximate surface area is 128 Å². The summed E-state index contributed by atoms with van der Waals surface area (Å²) >= 11 is 0. The maximum absolute atomic E-state index is 5.23. The molecule has 18 heavy (non-hydrogen) atoms. The summed E-state index contributed by atoms with van der Waals surface area (Å²) in [6, 6.07) is 1.05. The third-order valence-electron chi connectivity index (χ3n) is 3.27. The maximum Gasteiger partial charge on any atom is 0.192 e. The Morgan fingerprint density at radius 2 is 2.17 bits per heavy atom. The van der Waals surface area contributed by atoms with Crippen LogP contribution in [0.15, 0.2) is 4.99 Å². The minimum atomic E-state index is 0. The van der Waals surface area contributed by atoms with Crippen molar-refractivity contribution in [2.45, 2.75) is 32.9 Å². The van der Waals surface area contributed by atoms with Gasteiger partial charge in [-0.3, -0.25) is 9.89 Å². The molecule has 104 valence electrons. The van der Waals surface area contributed by atoms with Crippen LogP contribution in [0.5, 0.6) is 0 Å². The predicted molar refractivity (Wildman–Crippen MR) is 88.4 cm³/mol. The van der Waals surface area contributed by atoms with E-state index < -0.39 is 0 Å². The number of hydrogen-bond donors (Lipinski definition) is 2. The molecule has 2 N–H and O–H groups in total. The summed E-state index contributed by atoms with van der Waals surface area (Å²) in [7, 11) is 1.77. The van der Waals surface area contributed by atoms with Gasteiger partial charge in [0.05, 0.1) is 6.54 Å². The number of likely N-dealkylation sites (tertiary alicyclic amines) is 1. The first-order valence-corrected chi connectivity index (χ1v) is 6.23. The van der Waals surface area contributed by atoms with Gasteiger partial charge in [0.2, 0.25) is 0 Å². The minimum absolute atomic E-state index is 0. The number of halogens is 1. The monoisotopic (exact) mass is 364 g/mol. The summed E-state index contributed by atoms with van der Waals surface area (Å²) in [5, 5.41) is 6.53. The number of guanidine groups is 1. The average molecular weight is 364 g/mol. The van der Waals surface area contributed by atoms with Crippen LogP contribution >= 0.6 is 24.0 Å². The Hall–Kier alpha value is -0.480. The van der Waals surface area contributed by atoms with Crippen LogP contribution < -0.4 is 10.6 Å². The van der Waals surface area contributed by atoms with E-state index in [0.29, 0.717) is 24.5 Å². The first-order valence-electron chi connectivity index (χ1n) is 6.23. The molecule has 1 rings (SSSR count). The van der Waals surface area contributed by atoms with Crippen LogP contribution in [0, 0.1) is 18.3 Å². The van der Waals surface area contributed by atoms with Crippen molar-refractivity contribution in [3.63, 3.8) is 0 Å². The van der Waals surface area contributed by atoms with E-state index in [2.05, 4.69) is 47.2 Å². The zero-order chi connectivity index (χ0) is 12.8. The molecular formula is C13H25IN4. The van der Waals surface area contributed by atoms with Crippen molar-refractivity contribution < 1.29 is 0 Å². The predicted octanol–water partition coefficient (Wildman–Crippen LogP) is 1.13. The van der Waals surface area contributed by atoms with Crippen molar-refractivity contribution >= 4 is 29.9 Å². The van der Waals surface area contributed by atoms with Gasteiger partial charge in [-0.25, -0.2) is 0 Å². The second-order valence-corrected chi connectivity index (χ2v) is 4.91. The van der Waals surface area contributed by atoms with Crippen LogP contribution in [0.1, 0.15) is 20.8 Å². The number of nitrogens with zero attached hydrogens (tertiary/aromatic N) is 2. The van der Waals surface area contributed by atoms with Crippen molar-refractivity contribution in [3.05, 3.63) is 0 Å². The number of aliphatic imine (C=N–C) groups is 1. The topological polar surface area (TPSA) is 39.7 Å². The lowest BCUT2D eigenvalue weighted by molar-refractivity contribution is 0.265. The third-order valence-corrected chi connectivity index (χ3v) is 3.27. The lowest BCUT2D eigenvalue weighted by atomic mass is 10.1. The van der Waals surface area contributed by atoms with Gasteiger partial charge in [-0.15, -0.1) is 30.4 Å². The zero-order valence-electron chi connectivity index (χ0n) is 11.7. The third kappa shape index (κ3) is 5.02. The van der Waals surface area contributed by atoms with E-state index in [-0.39, 0.29) is 24.0 Å². The van der Waals surface area contributed by atoms with Crippen molar-refractivity contribution in [1.82, 2.24) is 15.5 Å². The SMILES string of the molecule is C#CCNC(=NC)NC1CN(C(C)C)CC1C.I. The molecule has 1 heterocycles. The van der Waals surface area contributed by atoms with Crippen LogP contribution in [0.2, 0.25) is 0 Å². The van der Waals surface area contributed by atoms with Gasteiger partial charge in [0.15, 0.2) is 5.96 Å². The fourth-order valence-electron chi connectivity index (χ4n) is 2.12. The van der Waals surface area contributed by atoms with Gasteiger partial charge in [-0.05, 0) is 19.8 Å². The molecule has 0 aliphatic carbocycles. The molecule has 1 aliphatic rings. The van der Waals surface area contributed by atoms with Gasteiger partial charge in [-0.1, -0.05) is 12.8 Å². The van der Waals surface area contributed by atoms with Gasteiger partial charge in [0, 0.05) is 32.2 Å². The Balaban J connectivity index is 0.00000289. The van der Waals surface area contributed by atoms with Crippen molar-refractivity contribution in [1.29, 1.82) is 0 Å². The number of terminal acetylenes is 1. The molecule has 2 atom stereocenters. The molecule has 1 saturated heterocycles. The number of rotatable bonds is 3. The molecule has 0 aromatic carbocycles. The molecule has 2 unspecified atom stereocenters. The molecular weight excluding hydrogens is 339 g/mol. The summed E-state index contributed by atoms with van der Waals surface area (Å²) in [4.78, 5) is 6.66. The van der Waals surface area contributed by atoms with Crippen molar-refractivity contribution in [3.8, 4) is 12.3 Å². The van der Waals surface area contributed by atoms with Crippen LogP contribution in [0.3, 0.4) is 0 Å². The summed E-state index contributed by atoms with van der Waals surface area (Å²) in [6.45, 7) is 9.46. The highest BCUT2D eigenvalue weighted by Gasteiger charge is 2.31. The maximum atomic E-state index is 5.23. The molecule has 4 nitrogen and oxygen atoms in total. The highest BCUT2D eigenvalue weighted by atomic mass is 127. The Morgan fingerprint density at radius 1 is 1.50 bits per heavy atom. The van der Waals surface area contributed by atoms with E-state index >= 15 is 0 Å². The highest BCUT2D eigenvalue weighted by Crippen LogP contribution is 2.18. The summed E-state index contributed by atoms with van der Waals surface area (Å²) in [5.74, 6) is 3.98. The lowest BCUT2D eigenvalue weighted by Gasteiger charge is -2.21. The lowest BCUT2D eigenvalue weighted by Crippen LogP contribution is -2.46. The molecule has 0 radical (unpaired) electrons. The summed E-state index contributed by atoms with van der Waals surface area (Å²) < 4.78 is 0. The van der Waals surface area contributed by atoms with Gasteiger partial charge < -0.3 is 10.6 Å². The highest BCUT2D eigenvalue weighted by molar-refractivity contribution is 14.0. The average Bonchev–Trinajstić information content (AvgIpc) is 2.66. The molecule has 0 saturated carbocycles. The molecule has 0 bridgehead atoms. The molecule has 0 amide bonds. The second kappa shape index (κ2) is 8.59. The first kappa shape index (κ1) is 17.5. The molecule has 0 spiro atoms. The molecule has 0 aromatic heterocycles. The van der Waals surface area contributed by atoms with E-state index in [1.165, 1.54) is 0 Å². The van der Waals surface area contributed by atoms with Crippen LogP contribution in [0.25, 0.3) is 0 Å². The largest absolute Gasteiger partial charge is 0.352 e. The van der Waals surface area contributed by atoms with Gasteiger partial charge >= 0.3 is 0 Å². The Bertz CT molecular complexity index is 309. The zero-order valence-corrected chi connectivity index (χ0v) is 14.1. The van der Waals surface area contributed by atoms with Gasteiger partial charge in [-0.2, -0.15) is 0 Å². The quantitative estimate of drug-likeness (QED) is 0.341. The van der Waals surface area contributed by atoms with Gasteiger partial charge in [0.25, 0.3) is 0 Å². The Morgan fingerprint density at radius 3 is 2.61 bits per heavy atom. The van der Waals surface area contributed by atoms with Crippen LogP contribution in [0.4, 0.5) is 0 Å². The number of nitrogens with one attached hydrogen (secondary N) is 2. The van der Waals surface area contributed by atoms with Crippen LogP contribution in [-0.4, -0.2) is 49.6 Å². The second-order valence-electron chi connectivity index (χ2n) is 4.91. The van der Waals surface area contributed by atoms with Gasteiger partial charge in [0.1, 0.15) is 0 Å². The van der Waals surface area contributed by atoms with Crippen molar-refractivity contribution in [2.75, 3.05) is 26.7 Å². The molecule has 1 fully saturated rings. The Kier molecular flexibility index (Phi) is 8.36. The summed E-state index contributed by atoms with van der Waals surface area (Å²) in [6.07, 6.45) is 5.23. The standard InChI is InChI=1S/C13H24N4.HI/c1-6-7-15-13(14-5)16-12-9-17(10(2)3)8-11(12)4;/h1,10-12H,7-9H2,2-5H3,(H2,14,15,16);1H. The van der Waals surface area contributed by atoms with Crippen LogP contribution in [-0.2, 0) is 0 Å². The first-order chi connectivity index (χ1) is 8.08. The van der Waals surface area contributed by atoms with E-state index in [9.17, 15) is 0 Å². The normalized spacial score (nSPS) is 24.6. The molecule has 5 heteroatoms. The smallest absolute Gasteiger partial charge is 0.192 e. The van der Waals surface area contributed by atoms with E-state index in [1.54, 1.807) is 7.05 Å². The summed E-state index contributed by atoms with van der Waals surface area (Å²) in [5.41, 5.74) is 0. The fraction of sp³-hybridized carbons (Fsp3) is 0.769. The molecule has 1 aliphatic heterocycles.